The number of methoxy groups -OCH3 is 2. The van der Waals surface area contributed by atoms with Gasteiger partial charge in [-0.05, 0) is 6.92 Å². The number of hydrogen-bond donors (Lipinski definition) is 0. The predicted octanol–water partition coefficient (Wildman–Crippen LogP) is 1.76. The highest BCUT2D eigenvalue weighted by molar-refractivity contribution is 6.45. The normalized spacial score (nSPS) is 12.2. The highest BCUT2D eigenvalue weighted by Crippen LogP contribution is 2.28. The fourth-order valence-corrected chi connectivity index (χ4v) is 1.34. The molecular formula is C7H12Cl2O3. The quantitative estimate of drug-likeness (QED) is 0.517. The van der Waals surface area contributed by atoms with Crippen LogP contribution in [0.25, 0.3) is 0 Å². The Morgan fingerprint density at radius 1 is 1.42 bits per heavy atom. The van der Waals surface area contributed by atoms with Crippen LogP contribution in [0.5, 0.6) is 0 Å². The standard InChI is InChI=1S/C7H12Cl2O3/c1-5(10)4-7(11-2,12-3)6(8)9/h6H,4H2,1-3H3. The maximum absolute atomic E-state index is 10.8. The van der Waals surface area contributed by atoms with Crippen molar-refractivity contribution in [2.24, 2.45) is 0 Å². The number of carbonyl (C=O) groups is 1. The summed E-state index contributed by atoms with van der Waals surface area (Å²) in [7, 11) is 2.79. The maximum atomic E-state index is 10.8. The summed E-state index contributed by atoms with van der Waals surface area (Å²) >= 11 is 11.2. The van der Waals surface area contributed by atoms with Crippen molar-refractivity contribution in [1.29, 1.82) is 0 Å². The van der Waals surface area contributed by atoms with Crippen LogP contribution in [0.3, 0.4) is 0 Å². The van der Waals surface area contributed by atoms with E-state index in [-0.39, 0.29) is 12.2 Å². The molecule has 0 aliphatic heterocycles. The lowest BCUT2D eigenvalue weighted by Gasteiger charge is -2.30. The minimum atomic E-state index is -1.21. The first kappa shape index (κ1) is 12.2. The smallest absolute Gasteiger partial charge is 0.205 e. The van der Waals surface area contributed by atoms with Gasteiger partial charge in [0.05, 0.1) is 6.42 Å². The molecule has 0 atom stereocenters. The molecule has 0 aromatic heterocycles. The van der Waals surface area contributed by atoms with Crippen molar-refractivity contribution in [3.05, 3.63) is 0 Å². The van der Waals surface area contributed by atoms with Crippen molar-refractivity contribution >= 4 is 29.0 Å². The van der Waals surface area contributed by atoms with E-state index in [0.717, 1.165) is 0 Å². The molecule has 0 saturated heterocycles. The molecule has 12 heavy (non-hydrogen) atoms. The zero-order valence-corrected chi connectivity index (χ0v) is 8.78. The molecule has 0 fully saturated rings. The second-order valence-corrected chi connectivity index (χ2v) is 3.50. The van der Waals surface area contributed by atoms with E-state index in [1.807, 2.05) is 0 Å². The molecule has 5 heteroatoms. The van der Waals surface area contributed by atoms with Gasteiger partial charge >= 0.3 is 0 Å². The summed E-state index contributed by atoms with van der Waals surface area (Å²) in [5.41, 5.74) is 0. The van der Waals surface area contributed by atoms with Crippen molar-refractivity contribution in [2.45, 2.75) is 24.0 Å². The van der Waals surface area contributed by atoms with Gasteiger partial charge in [-0.2, -0.15) is 0 Å². The van der Waals surface area contributed by atoms with Crippen molar-refractivity contribution in [3.8, 4) is 0 Å². The number of ketones is 1. The Kier molecular flexibility index (Phi) is 5.09. The summed E-state index contributed by atoms with van der Waals surface area (Å²) < 4.78 is 9.90. The Balaban J connectivity index is 4.46. The lowest BCUT2D eigenvalue weighted by molar-refractivity contribution is -0.200. The van der Waals surface area contributed by atoms with E-state index in [4.69, 9.17) is 32.7 Å². The number of ether oxygens (including phenoxy) is 2. The number of halogens is 2. The second kappa shape index (κ2) is 5.02. The van der Waals surface area contributed by atoms with Crippen LogP contribution in [-0.4, -0.2) is 30.6 Å². The minimum absolute atomic E-state index is 0.0394. The van der Waals surface area contributed by atoms with Crippen LogP contribution in [0.15, 0.2) is 0 Å². The van der Waals surface area contributed by atoms with E-state index in [0.29, 0.717) is 0 Å². The van der Waals surface area contributed by atoms with Crippen LogP contribution < -0.4 is 0 Å². The number of alkyl halides is 2. The van der Waals surface area contributed by atoms with Gasteiger partial charge in [-0.15, -0.1) is 0 Å². The lowest BCUT2D eigenvalue weighted by atomic mass is 10.1. The summed E-state index contributed by atoms with van der Waals surface area (Å²) in [6.45, 7) is 1.42. The Labute approximate surface area is 81.9 Å². The number of Topliss-reactive ketones (excluding diaryl/α,β-unsaturated/α-hetero) is 1. The average Bonchev–Trinajstić information content (AvgIpc) is 1.99. The van der Waals surface area contributed by atoms with Crippen LogP contribution >= 0.6 is 23.2 Å². The van der Waals surface area contributed by atoms with Gasteiger partial charge < -0.3 is 9.47 Å². The zero-order valence-electron chi connectivity index (χ0n) is 7.27. The van der Waals surface area contributed by atoms with Gasteiger partial charge in [-0.25, -0.2) is 0 Å². The second-order valence-electron chi connectivity index (χ2n) is 2.40. The SMILES string of the molecule is COC(CC(C)=O)(OC)C(Cl)Cl. The van der Waals surface area contributed by atoms with Gasteiger partial charge in [0.15, 0.2) is 4.84 Å². The van der Waals surface area contributed by atoms with Crippen molar-refractivity contribution in [1.82, 2.24) is 0 Å². The minimum Gasteiger partial charge on any atom is -0.350 e. The lowest BCUT2D eigenvalue weighted by Crippen LogP contribution is -2.42. The number of rotatable bonds is 5. The largest absolute Gasteiger partial charge is 0.350 e. The molecule has 3 nitrogen and oxygen atoms in total. The molecule has 72 valence electrons. The number of hydrogen-bond acceptors (Lipinski definition) is 3. The van der Waals surface area contributed by atoms with Gasteiger partial charge in [0, 0.05) is 14.2 Å². The molecule has 0 aliphatic carbocycles. The van der Waals surface area contributed by atoms with Crippen molar-refractivity contribution in [3.63, 3.8) is 0 Å². The molecule has 0 aromatic carbocycles. The van der Waals surface area contributed by atoms with Crippen molar-refractivity contribution < 1.29 is 14.3 Å². The molecule has 0 aliphatic rings. The van der Waals surface area contributed by atoms with Gasteiger partial charge in [0.2, 0.25) is 5.79 Å². The van der Waals surface area contributed by atoms with Gasteiger partial charge in [0.25, 0.3) is 0 Å². The summed E-state index contributed by atoms with van der Waals surface area (Å²) in [5.74, 6) is -1.31. The Morgan fingerprint density at radius 2 is 1.83 bits per heavy atom. The van der Waals surface area contributed by atoms with E-state index < -0.39 is 10.6 Å². The first-order valence-electron chi connectivity index (χ1n) is 3.36. The van der Waals surface area contributed by atoms with E-state index in [1.54, 1.807) is 0 Å². The van der Waals surface area contributed by atoms with Crippen LogP contribution in [0, 0.1) is 0 Å². The topological polar surface area (TPSA) is 35.5 Å². The fourth-order valence-electron chi connectivity index (χ4n) is 0.830. The molecule has 0 saturated carbocycles. The highest BCUT2D eigenvalue weighted by atomic mass is 35.5. The van der Waals surface area contributed by atoms with Crippen molar-refractivity contribution in [2.75, 3.05) is 14.2 Å². The molecule has 0 amide bonds. The summed E-state index contributed by atoms with van der Waals surface area (Å²) in [6.07, 6.45) is 0.0394. The van der Waals surface area contributed by atoms with Crippen LogP contribution in [0.4, 0.5) is 0 Å². The highest BCUT2D eigenvalue weighted by Gasteiger charge is 2.38. The first-order valence-corrected chi connectivity index (χ1v) is 4.23. The van der Waals surface area contributed by atoms with Gasteiger partial charge in [-0.1, -0.05) is 23.2 Å². The molecule has 0 N–H and O–H groups in total. The van der Waals surface area contributed by atoms with E-state index >= 15 is 0 Å². The van der Waals surface area contributed by atoms with E-state index in [9.17, 15) is 4.79 Å². The van der Waals surface area contributed by atoms with Crippen LogP contribution in [0.2, 0.25) is 0 Å². The van der Waals surface area contributed by atoms with Gasteiger partial charge in [-0.3, -0.25) is 4.79 Å². The van der Waals surface area contributed by atoms with Crippen LogP contribution in [-0.2, 0) is 14.3 Å². The van der Waals surface area contributed by atoms with E-state index in [2.05, 4.69) is 0 Å². The Bertz CT molecular complexity index is 155. The summed E-state index contributed by atoms with van der Waals surface area (Å²) in [4.78, 5) is 9.91. The molecule has 0 aromatic rings. The van der Waals surface area contributed by atoms with Crippen LogP contribution in [0.1, 0.15) is 13.3 Å². The molecule has 0 radical (unpaired) electrons. The van der Waals surface area contributed by atoms with E-state index in [1.165, 1.54) is 21.1 Å². The monoisotopic (exact) mass is 214 g/mol. The average molecular weight is 215 g/mol. The molecule has 0 spiro atoms. The third-order valence-electron chi connectivity index (χ3n) is 1.52. The molecule has 0 rings (SSSR count). The summed E-state index contributed by atoms with van der Waals surface area (Å²) in [5, 5.41) is 0. The number of carbonyl (C=O) groups excluding carboxylic acids is 1. The maximum Gasteiger partial charge on any atom is 0.205 e. The molecule has 0 unspecified atom stereocenters. The third-order valence-corrected chi connectivity index (χ3v) is 2.18. The fraction of sp³-hybridized carbons (Fsp3) is 0.857. The Hall–Kier alpha value is 0.170. The predicted molar refractivity (Wildman–Crippen MR) is 47.5 cm³/mol. The third kappa shape index (κ3) is 2.90. The summed E-state index contributed by atoms with van der Waals surface area (Å²) in [6, 6.07) is 0. The molecule has 0 heterocycles. The first-order chi connectivity index (χ1) is 5.48. The molecular weight excluding hydrogens is 203 g/mol. The molecule has 0 bridgehead atoms. The van der Waals surface area contributed by atoms with Gasteiger partial charge in [0.1, 0.15) is 5.78 Å². The Morgan fingerprint density at radius 3 is 1.92 bits per heavy atom. The zero-order chi connectivity index (χ0) is 9.78.